The standard InChI is InChI=1S/C15H20NO/c1-15(2,3)14(17)11-16-9-8-12-6-4-5-7-13(12)10-16/h5-7H,8-11H2,1-3H3. The Labute approximate surface area is 104 Å². The van der Waals surface area contributed by atoms with Crippen LogP contribution in [0.3, 0.4) is 0 Å². The van der Waals surface area contributed by atoms with E-state index in [0.29, 0.717) is 12.3 Å². The second kappa shape index (κ2) is 4.61. The minimum absolute atomic E-state index is 0.231. The molecule has 1 aromatic rings. The average molecular weight is 230 g/mol. The van der Waals surface area contributed by atoms with Gasteiger partial charge in [0.2, 0.25) is 0 Å². The highest BCUT2D eigenvalue weighted by Crippen LogP contribution is 2.20. The quantitative estimate of drug-likeness (QED) is 0.778. The van der Waals surface area contributed by atoms with Crippen molar-refractivity contribution in [2.45, 2.75) is 33.7 Å². The maximum Gasteiger partial charge on any atom is 0.152 e. The van der Waals surface area contributed by atoms with E-state index in [2.05, 4.69) is 23.1 Å². The first-order valence-corrected chi connectivity index (χ1v) is 6.20. The van der Waals surface area contributed by atoms with Gasteiger partial charge in [0.15, 0.2) is 5.78 Å². The van der Waals surface area contributed by atoms with Gasteiger partial charge in [0.25, 0.3) is 0 Å². The molecule has 1 aromatic carbocycles. The molecule has 17 heavy (non-hydrogen) atoms. The van der Waals surface area contributed by atoms with E-state index in [-0.39, 0.29) is 5.41 Å². The first-order valence-electron chi connectivity index (χ1n) is 6.20. The molecule has 0 saturated heterocycles. The van der Waals surface area contributed by atoms with Crippen molar-refractivity contribution >= 4 is 5.78 Å². The Balaban J connectivity index is 2.01. The summed E-state index contributed by atoms with van der Waals surface area (Å²) in [4.78, 5) is 14.2. The first-order chi connectivity index (χ1) is 7.97. The molecule has 2 heteroatoms. The lowest BCUT2D eigenvalue weighted by molar-refractivity contribution is -0.127. The van der Waals surface area contributed by atoms with Crippen molar-refractivity contribution in [1.29, 1.82) is 0 Å². The highest BCUT2D eigenvalue weighted by molar-refractivity contribution is 5.85. The van der Waals surface area contributed by atoms with Crippen LogP contribution in [0.1, 0.15) is 31.9 Å². The molecule has 0 fully saturated rings. The van der Waals surface area contributed by atoms with Gasteiger partial charge in [0.1, 0.15) is 0 Å². The van der Waals surface area contributed by atoms with Crippen molar-refractivity contribution in [1.82, 2.24) is 4.90 Å². The summed E-state index contributed by atoms with van der Waals surface area (Å²) in [7, 11) is 0. The molecule has 0 atom stereocenters. The summed E-state index contributed by atoms with van der Waals surface area (Å²) in [5, 5.41) is 0. The molecular weight excluding hydrogens is 210 g/mol. The summed E-state index contributed by atoms with van der Waals surface area (Å²) in [5.74, 6) is 0.323. The highest BCUT2D eigenvalue weighted by Gasteiger charge is 2.25. The number of benzene rings is 1. The van der Waals surface area contributed by atoms with Crippen molar-refractivity contribution in [2.24, 2.45) is 5.41 Å². The first kappa shape index (κ1) is 12.3. The fourth-order valence-electron chi connectivity index (χ4n) is 2.06. The molecular formula is C15H20NO. The van der Waals surface area contributed by atoms with E-state index in [1.807, 2.05) is 26.8 Å². The number of Topliss-reactive ketones (excluding diaryl/α,β-unsaturated/α-hetero) is 1. The van der Waals surface area contributed by atoms with Crippen molar-refractivity contribution in [3.8, 4) is 0 Å². The third kappa shape index (κ3) is 2.95. The predicted molar refractivity (Wildman–Crippen MR) is 68.7 cm³/mol. The summed E-state index contributed by atoms with van der Waals surface area (Å²) in [6, 6.07) is 9.25. The second-order valence-corrected chi connectivity index (χ2v) is 5.83. The van der Waals surface area contributed by atoms with Crippen LogP contribution in [0.5, 0.6) is 0 Å². The minimum atomic E-state index is -0.231. The Morgan fingerprint density at radius 3 is 2.88 bits per heavy atom. The summed E-state index contributed by atoms with van der Waals surface area (Å²) in [5.41, 5.74) is 2.49. The van der Waals surface area contributed by atoms with Crippen LogP contribution < -0.4 is 0 Å². The zero-order valence-corrected chi connectivity index (χ0v) is 10.9. The number of hydrogen-bond donors (Lipinski definition) is 0. The fourth-order valence-corrected chi connectivity index (χ4v) is 2.06. The topological polar surface area (TPSA) is 20.3 Å². The molecule has 0 saturated carbocycles. The van der Waals surface area contributed by atoms with Gasteiger partial charge in [-0.25, -0.2) is 0 Å². The summed E-state index contributed by atoms with van der Waals surface area (Å²) in [6.07, 6.45) is 1.03. The molecule has 1 heterocycles. The average Bonchev–Trinajstić information content (AvgIpc) is 2.27. The van der Waals surface area contributed by atoms with Crippen molar-refractivity contribution < 1.29 is 4.79 Å². The van der Waals surface area contributed by atoms with Gasteiger partial charge in [-0.15, -0.1) is 0 Å². The van der Waals surface area contributed by atoms with Crippen LogP contribution in [0.25, 0.3) is 0 Å². The summed E-state index contributed by atoms with van der Waals surface area (Å²) >= 11 is 0. The van der Waals surface area contributed by atoms with Crippen LogP contribution in [0.4, 0.5) is 0 Å². The number of rotatable bonds is 2. The van der Waals surface area contributed by atoms with E-state index in [0.717, 1.165) is 19.5 Å². The van der Waals surface area contributed by atoms with E-state index in [1.165, 1.54) is 11.1 Å². The smallest absolute Gasteiger partial charge is 0.152 e. The van der Waals surface area contributed by atoms with Crippen molar-refractivity contribution in [3.05, 3.63) is 35.4 Å². The molecule has 0 amide bonds. The molecule has 1 aliphatic heterocycles. The van der Waals surface area contributed by atoms with Crippen LogP contribution in [-0.4, -0.2) is 23.8 Å². The maximum absolute atomic E-state index is 12.0. The SMILES string of the molecule is CC(C)(C)C(=O)CN1CCc2c[c]ccc2C1. The second-order valence-electron chi connectivity index (χ2n) is 5.83. The van der Waals surface area contributed by atoms with E-state index in [4.69, 9.17) is 0 Å². The number of fused-ring (bicyclic) bond motifs is 1. The Kier molecular flexibility index (Phi) is 3.34. The summed E-state index contributed by atoms with van der Waals surface area (Å²) < 4.78 is 0. The van der Waals surface area contributed by atoms with E-state index < -0.39 is 0 Å². The maximum atomic E-state index is 12.0. The fraction of sp³-hybridized carbons (Fsp3) is 0.533. The zero-order valence-electron chi connectivity index (χ0n) is 10.9. The molecule has 91 valence electrons. The van der Waals surface area contributed by atoms with Gasteiger partial charge in [-0.1, -0.05) is 39.0 Å². The predicted octanol–water partition coefficient (Wildman–Crippen LogP) is 2.46. The van der Waals surface area contributed by atoms with Gasteiger partial charge in [-0.05, 0) is 23.6 Å². The number of nitrogens with zero attached hydrogens (tertiary/aromatic N) is 1. The number of hydrogen-bond acceptors (Lipinski definition) is 2. The molecule has 1 aliphatic rings. The lowest BCUT2D eigenvalue weighted by Gasteiger charge is -2.30. The number of carbonyl (C=O) groups is 1. The molecule has 0 bridgehead atoms. The Bertz CT molecular complexity index is 417. The van der Waals surface area contributed by atoms with Gasteiger partial charge in [-0.3, -0.25) is 9.69 Å². The third-order valence-corrected chi connectivity index (χ3v) is 3.35. The highest BCUT2D eigenvalue weighted by atomic mass is 16.1. The molecule has 0 N–H and O–H groups in total. The Hall–Kier alpha value is -1.15. The van der Waals surface area contributed by atoms with Crippen LogP contribution in [0.2, 0.25) is 0 Å². The monoisotopic (exact) mass is 230 g/mol. The molecule has 1 radical (unpaired) electrons. The van der Waals surface area contributed by atoms with Crippen LogP contribution in [-0.2, 0) is 17.8 Å². The van der Waals surface area contributed by atoms with Crippen molar-refractivity contribution in [3.63, 3.8) is 0 Å². The Morgan fingerprint density at radius 2 is 2.18 bits per heavy atom. The van der Waals surface area contributed by atoms with Gasteiger partial charge in [0.05, 0.1) is 6.54 Å². The molecule has 0 aromatic heterocycles. The lowest BCUT2D eigenvalue weighted by atomic mass is 9.90. The number of ketones is 1. The van der Waals surface area contributed by atoms with Crippen LogP contribution >= 0.6 is 0 Å². The largest absolute Gasteiger partial charge is 0.298 e. The van der Waals surface area contributed by atoms with Crippen LogP contribution in [0.15, 0.2) is 18.2 Å². The molecule has 2 rings (SSSR count). The normalized spacial score (nSPS) is 16.6. The molecule has 0 spiro atoms. The zero-order chi connectivity index (χ0) is 12.5. The summed E-state index contributed by atoms with van der Waals surface area (Å²) in [6.45, 7) is 8.41. The van der Waals surface area contributed by atoms with Crippen LogP contribution in [0, 0.1) is 11.5 Å². The van der Waals surface area contributed by atoms with E-state index >= 15 is 0 Å². The lowest BCUT2D eigenvalue weighted by Crippen LogP contribution is -2.38. The minimum Gasteiger partial charge on any atom is -0.298 e. The van der Waals surface area contributed by atoms with Gasteiger partial charge < -0.3 is 0 Å². The molecule has 2 nitrogen and oxygen atoms in total. The van der Waals surface area contributed by atoms with Gasteiger partial charge in [-0.2, -0.15) is 0 Å². The number of carbonyl (C=O) groups excluding carboxylic acids is 1. The molecule has 0 aliphatic carbocycles. The van der Waals surface area contributed by atoms with E-state index in [1.54, 1.807) is 0 Å². The third-order valence-electron chi connectivity index (χ3n) is 3.35. The Morgan fingerprint density at radius 1 is 1.41 bits per heavy atom. The molecule has 0 unspecified atom stereocenters. The van der Waals surface area contributed by atoms with Gasteiger partial charge >= 0.3 is 0 Å². The van der Waals surface area contributed by atoms with Crippen molar-refractivity contribution in [2.75, 3.05) is 13.1 Å². The van der Waals surface area contributed by atoms with E-state index in [9.17, 15) is 4.79 Å². The van der Waals surface area contributed by atoms with Gasteiger partial charge in [0, 0.05) is 18.5 Å².